The van der Waals surface area contributed by atoms with E-state index in [0.717, 1.165) is 0 Å². The smallest absolute Gasteiger partial charge is 0.387 e. The van der Waals surface area contributed by atoms with Crippen molar-refractivity contribution in [1.82, 2.24) is 9.88 Å². The van der Waals surface area contributed by atoms with Crippen molar-refractivity contribution in [1.29, 1.82) is 0 Å². The Hall–Kier alpha value is -3.24. The summed E-state index contributed by atoms with van der Waals surface area (Å²) in [4.78, 5) is 39.3. The van der Waals surface area contributed by atoms with Crippen LogP contribution in [0.3, 0.4) is 0 Å². The summed E-state index contributed by atoms with van der Waals surface area (Å²) in [5.41, 5.74) is 1.01. The maximum Gasteiger partial charge on any atom is 0.387 e. The number of rotatable bonds is 9. The Kier molecular flexibility index (Phi) is 8.63. The number of pyridine rings is 1. The molecule has 0 aliphatic carbocycles. The molecule has 0 aliphatic rings. The molecule has 2 amide bonds. The third-order valence-corrected chi connectivity index (χ3v) is 6.39. The predicted octanol–water partition coefficient (Wildman–Crippen LogP) is 4.88. The maximum absolute atomic E-state index is 12.6. The standard InChI is InChI=1S/C24H24ClF2N3O4S/c1-14(12-28-22(32)20-8-9-21(25)35-20)13-30(16(3)31)17-6-7-18(15(2)11-17)29-10-4-5-19(23(29)33)34-24(26)27/h4-11,14,24H,12-13H2,1-3H3,(H,28,32)/t14-/m0/s1. The first-order valence-electron chi connectivity index (χ1n) is 10.7. The average molecular weight is 524 g/mol. The molecule has 11 heteroatoms. The summed E-state index contributed by atoms with van der Waals surface area (Å²) in [6.45, 7) is 2.69. The molecular formula is C24H24ClF2N3O4S. The minimum Gasteiger partial charge on any atom is -0.429 e. The highest BCUT2D eigenvalue weighted by molar-refractivity contribution is 7.18. The van der Waals surface area contributed by atoms with Crippen molar-refractivity contribution in [3.8, 4) is 11.4 Å². The fourth-order valence-electron chi connectivity index (χ4n) is 3.51. The third kappa shape index (κ3) is 6.67. The highest BCUT2D eigenvalue weighted by Crippen LogP contribution is 2.24. The maximum atomic E-state index is 12.6. The van der Waals surface area contributed by atoms with Crippen LogP contribution in [-0.2, 0) is 4.79 Å². The Balaban J connectivity index is 1.75. The Bertz CT molecular complexity index is 1280. The van der Waals surface area contributed by atoms with Crippen LogP contribution in [0.4, 0.5) is 14.5 Å². The molecular weight excluding hydrogens is 500 g/mol. The molecule has 0 bridgehead atoms. The molecule has 2 heterocycles. The number of benzene rings is 1. The van der Waals surface area contributed by atoms with E-state index in [2.05, 4.69) is 10.1 Å². The van der Waals surface area contributed by atoms with Crippen LogP contribution in [0.15, 0.2) is 53.5 Å². The zero-order chi connectivity index (χ0) is 25.7. The molecule has 7 nitrogen and oxygen atoms in total. The lowest BCUT2D eigenvalue weighted by atomic mass is 10.1. The quantitative estimate of drug-likeness (QED) is 0.433. The average Bonchev–Trinajstić information content (AvgIpc) is 3.23. The van der Waals surface area contributed by atoms with Gasteiger partial charge in [-0.15, -0.1) is 11.3 Å². The summed E-state index contributed by atoms with van der Waals surface area (Å²) >= 11 is 7.07. The van der Waals surface area contributed by atoms with Crippen LogP contribution in [-0.4, -0.2) is 36.1 Å². The molecule has 2 aromatic heterocycles. The summed E-state index contributed by atoms with van der Waals surface area (Å²) in [6, 6.07) is 11.0. The van der Waals surface area contributed by atoms with Crippen LogP contribution in [0.1, 0.15) is 29.1 Å². The fraction of sp³-hybridized carbons (Fsp3) is 0.292. The first-order valence-corrected chi connectivity index (χ1v) is 11.9. The number of carbonyl (C=O) groups is 2. The molecule has 0 saturated heterocycles. The van der Waals surface area contributed by atoms with E-state index in [1.54, 1.807) is 42.2 Å². The topological polar surface area (TPSA) is 80.6 Å². The van der Waals surface area contributed by atoms with Gasteiger partial charge in [0.1, 0.15) is 0 Å². The second-order valence-corrected chi connectivity index (χ2v) is 9.66. The molecule has 0 radical (unpaired) electrons. The molecule has 1 aromatic carbocycles. The molecule has 186 valence electrons. The molecule has 0 saturated carbocycles. The van der Waals surface area contributed by atoms with E-state index in [1.807, 2.05) is 6.92 Å². The van der Waals surface area contributed by atoms with Crippen LogP contribution in [0.5, 0.6) is 5.75 Å². The zero-order valence-electron chi connectivity index (χ0n) is 19.3. The van der Waals surface area contributed by atoms with Gasteiger partial charge < -0.3 is 15.0 Å². The fourth-order valence-corrected chi connectivity index (χ4v) is 4.47. The number of aryl methyl sites for hydroxylation is 1. The molecule has 1 N–H and O–H groups in total. The predicted molar refractivity (Wildman–Crippen MR) is 132 cm³/mol. The first-order chi connectivity index (χ1) is 16.6. The number of amides is 2. The molecule has 3 rings (SSSR count). The molecule has 0 unspecified atom stereocenters. The number of hydrogen-bond acceptors (Lipinski definition) is 5. The first kappa shape index (κ1) is 26.4. The minimum absolute atomic E-state index is 0.0657. The number of aromatic nitrogens is 1. The van der Waals surface area contributed by atoms with Crippen molar-refractivity contribution < 1.29 is 23.1 Å². The van der Waals surface area contributed by atoms with E-state index >= 15 is 0 Å². The Morgan fingerprint density at radius 2 is 1.97 bits per heavy atom. The summed E-state index contributed by atoms with van der Waals surface area (Å²) < 4.78 is 31.2. The number of anilines is 1. The normalized spacial score (nSPS) is 11.9. The number of carbonyl (C=O) groups excluding carboxylic acids is 2. The number of ether oxygens (including phenoxy) is 1. The highest BCUT2D eigenvalue weighted by Gasteiger charge is 2.19. The molecule has 35 heavy (non-hydrogen) atoms. The van der Waals surface area contributed by atoms with Crippen LogP contribution in [0.2, 0.25) is 4.34 Å². The number of nitrogens with one attached hydrogen (secondary N) is 1. The molecule has 0 aliphatic heterocycles. The van der Waals surface area contributed by atoms with E-state index in [-0.39, 0.29) is 17.7 Å². The minimum atomic E-state index is -3.11. The van der Waals surface area contributed by atoms with E-state index in [0.29, 0.717) is 39.2 Å². The van der Waals surface area contributed by atoms with Gasteiger partial charge in [-0.1, -0.05) is 18.5 Å². The van der Waals surface area contributed by atoms with Gasteiger partial charge in [-0.2, -0.15) is 8.78 Å². The lowest BCUT2D eigenvalue weighted by Crippen LogP contribution is -2.38. The largest absolute Gasteiger partial charge is 0.429 e. The summed E-state index contributed by atoms with van der Waals surface area (Å²) in [6.07, 6.45) is 1.46. The molecule has 1 atom stereocenters. The Morgan fingerprint density at radius 3 is 2.57 bits per heavy atom. The SMILES string of the molecule is CC(=O)N(C[C@@H](C)CNC(=O)c1ccc(Cl)s1)c1ccc(-n2cccc(OC(F)F)c2=O)c(C)c1. The van der Waals surface area contributed by atoms with Gasteiger partial charge in [0, 0.05) is 31.9 Å². The second-order valence-electron chi connectivity index (χ2n) is 7.95. The molecule has 3 aromatic rings. The lowest BCUT2D eigenvalue weighted by molar-refractivity contribution is -0.116. The third-order valence-electron chi connectivity index (χ3n) is 5.16. The van der Waals surface area contributed by atoms with E-state index < -0.39 is 17.9 Å². The number of hydrogen-bond donors (Lipinski definition) is 1. The van der Waals surface area contributed by atoms with Crippen LogP contribution in [0.25, 0.3) is 5.69 Å². The van der Waals surface area contributed by atoms with Gasteiger partial charge in [-0.25, -0.2) is 0 Å². The van der Waals surface area contributed by atoms with Gasteiger partial charge in [0.15, 0.2) is 5.75 Å². The lowest BCUT2D eigenvalue weighted by Gasteiger charge is -2.26. The summed E-state index contributed by atoms with van der Waals surface area (Å²) in [5, 5.41) is 2.85. The molecule has 0 fully saturated rings. The van der Waals surface area contributed by atoms with E-state index in [4.69, 9.17) is 11.6 Å². The van der Waals surface area contributed by atoms with Crippen molar-refractivity contribution in [2.75, 3.05) is 18.0 Å². The van der Waals surface area contributed by atoms with Crippen LogP contribution >= 0.6 is 22.9 Å². The van der Waals surface area contributed by atoms with E-state index in [1.165, 1.54) is 41.2 Å². The number of thiophene rings is 1. The monoisotopic (exact) mass is 523 g/mol. The molecule has 0 spiro atoms. The summed E-state index contributed by atoms with van der Waals surface area (Å²) in [5.74, 6) is -0.947. The van der Waals surface area contributed by atoms with Crippen molar-refractivity contribution in [2.45, 2.75) is 27.4 Å². The second kappa shape index (κ2) is 11.5. The number of alkyl halides is 2. The van der Waals surface area contributed by atoms with Crippen molar-refractivity contribution in [3.05, 3.63) is 73.8 Å². The Morgan fingerprint density at radius 1 is 1.23 bits per heavy atom. The van der Waals surface area contributed by atoms with Gasteiger partial charge in [0.2, 0.25) is 5.91 Å². The van der Waals surface area contributed by atoms with Crippen LogP contribution in [0, 0.1) is 12.8 Å². The van der Waals surface area contributed by atoms with Gasteiger partial charge in [-0.05, 0) is 60.9 Å². The summed E-state index contributed by atoms with van der Waals surface area (Å²) in [7, 11) is 0. The van der Waals surface area contributed by atoms with Crippen molar-refractivity contribution in [3.63, 3.8) is 0 Å². The Labute approximate surface area is 209 Å². The van der Waals surface area contributed by atoms with E-state index in [9.17, 15) is 23.2 Å². The number of halogens is 3. The highest BCUT2D eigenvalue weighted by atomic mass is 35.5. The van der Waals surface area contributed by atoms with Gasteiger partial charge >= 0.3 is 6.61 Å². The van der Waals surface area contributed by atoms with Gasteiger partial charge in [0.25, 0.3) is 11.5 Å². The number of nitrogens with zero attached hydrogens (tertiary/aromatic N) is 2. The van der Waals surface area contributed by atoms with Crippen molar-refractivity contribution in [2.24, 2.45) is 5.92 Å². The van der Waals surface area contributed by atoms with Gasteiger partial charge in [0.05, 0.1) is 14.9 Å². The van der Waals surface area contributed by atoms with Crippen LogP contribution < -0.4 is 20.5 Å². The zero-order valence-corrected chi connectivity index (χ0v) is 20.8. The van der Waals surface area contributed by atoms with Crippen molar-refractivity contribution >= 4 is 40.4 Å². The van der Waals surface area contributed by atoms with Gasteiger partial charge in [-0.3, -0.25) is 19.0 Å².